The smallest absolute Gasteiger partial charge is 0.161 e. The lowest BCUT2D eigenvalue weighted by molar-refractivity contribution is 0.495. The van der Waals surface area contributed by atoms with Gasteiger partial charge in [0.1, 0.15) is 16.3 Å². The SMILES string of the molecule is Cc1c(-c2cc(F)c(F)cc2F)[nH]c(C(C)(C)C)nc1=S. The fraction of sp³-hybridized carbons (Fsp3) is 0.333. The molecule has 0 aliphatic carbocycles. The molecule has 2 nitrogen and oxygen atoms in total. The van der Waals surface area contributed by atoms with E-state index in [0.717, 1.165) is 6.07 Å². The summed E-state index contributed by atoms with van der Waals surface area (Å²) in [5, 5.41) is 0. The van der Waals surface area contributed by atoms with Gasteiger partial charge in [-0.1, -0.05) is 33.0 Å². The molecule has 0 fully saturated rings. The Morgan fingerprint density at radius 2 is 1.62 bits per heavy atom. The molecule has 0 bridgehead atoms. The molecule has 0 spiro atoms. The molecule has 0 aliphatic heterocycles. The topological polar surface area (TPSA) is 28.7 Å². The van der Waals surface area contributed by atoms with Gasteiger partial charge in [-0.25, -0.2) is 18.2 Å². The number of aromatic nitrogens is 2. The van der Waals surface area contributed by atoms with E-state index in [1.807, 2.05) is 20.8 Å². The molecule has 2 rings (SSSR count). The van der Waals surface area contributed by atoms with Crippen LogP contribution in [0.3, 0.4) is 0 Å². The lowest BCUT2D eigenvalue weighted by atomic mass is 9.95. The first-order valence-electron chi connectivity index (χ1n) is 6.37. The molecule has 1 aromatic carbocycles. The largest absolute Gasteiger partial charge is 0.342 e. The van der Waals surface area contributed by atoms with Crippen LogP contribution in [0.1, 0.15) is 32.2 Å². The van der Waals surface area contributed by atoms with Crippen LogP contribution in [-0.2, 0) is 5.41 Å². The highest BCUT2D eigenvalue weighted by molar-refractivity contribution is 7.71. The van der Waals surface area contributed by atoms with Crippen LogP contribution in [0.25, 0.3) is 11.3 Å². The fourth-order valence-electron chi connectivity index (χ4n) is 1.87. The second-order valence-corrected chi connectivity index (χ2v) is 6.27. The summed E-state index contributed by atoms with van der Waals surface area (Å²) in [5.74, 6) is -2.64. The zero-order valence-corrected chi connectivity index (χ0v) is 13.0. The lowest BCUT2D eigenvalue weighted by Gasteiger charge is -2.20. The van der Waals surface area contributed by atoms with E-state index in [1.165, 1.54) is 0 Å². The van der Waals surface area contributed by atoms with Crippen LogP contribution in [0, 0.1) is 29.0 Å². The third kappa shape index (κ3) is 3.00. The van der Waals surface area contributed by atoms with Gasteiger partial charge < -0.3 is 4.98 Å². The molecule has 0 saturated carbocycles. The minimum Gasteiger partial charge on any atom is -0.342 e. The van der Waals surface area contributed by atoms with Gasteiger partial charge in [0, 0.05) is 22.6 Å². The first-order valence-corrected chi connectivity index (χ1v) is 6.78. The van der Waals surface area contributed by atoms with Crippen LogP contribution < -0.4 is 0 Å². The van der Waals surface area contributed by atoms with E-state index in [9.17, 15) is 13.2 Å². The van der Waals surface area contributed by atoms with Gasteiger partial charge in [0.05, 0.1) is 5.69 Å². The molecule has 6 heteroatoms. The number of hydrogen-bond donors (Lipinski definition) is 1. The number of benzene rings is 1. The molecule has 1 heterocycles. The molecule has 0 radical (unpaired) electrons. The van der Waals surface area contributed by atoms with Gasteiger partial charge in [-0.3, -0.25) is 0 Å². The number of aromatic amines is 1. The molecule has 0 unspecified atom stereocenters. The molecule has 112 valence electrons. The van der Waals surface area contributed by atoms with Gasteiger partial charge in [0.25, 0.3) is 0 Å². The first kappa shape index (κ1) is 15.7. The van der Waals surface area contributed by atoms with Crippen molar-refractivity contribution in [3.63, 3.8) is 0 Å². The molecule has 0 saturated heterocycles. The van der Waals surface area contributed by atoms with Crippen LogP contribution >= 0.6 is 12.2 Å². The van der Waals surface area contributed by atoms with Crippen LogP contribution in [0.4, 0.5) is 13.2 Å². The van der Waals surface area contributed by atoms with Gasteiger partial charge in [-0.15, -0.1) is 0 Å². The minimum atomic E-state index is -1.22. The highest BCUT2D eigenvalue weighted by atomic mass is 32.1. The molecule has 1 N–H and O–H groups in total. The van der Waals surface area contributed by atoms with Gasteiger partial charge in [-0.2, -0.15) is 0 Å². The Morgan fingerprint density at radius 1 is 1.05 bits per heavy atom. The van der Waals surface area contributed by atoms with Crippen LogP contribution in [-0.4, -0.2) is 9.97 Å². The Morgan fingerprint density at radius 3 is 2.19 bits per heavy atom. The number of hydrogen-bond acceptors (Lipinski definition) is 2. The zero-order valence-electron chi connectivity index (χ0n) is 12.1. The van der Waals surface area contributed by atoms with Crippen LogP contribution in [0.15, 0.2) is 12.1 Å². The number of nitrogens with zero attached hydrogens (tertiary/aromatic N) is 1. The van der Waals surface area contributed by atoms with Gasteiger partial charge >= 0.3 is 0 Å². The van der Waals surface area contributed by atoms with Gasteiger partial charge in [0.15, 0.2) is 11.6 Å². The monoisotopic (exact) mass is 312 g/mol. The summed E-state index contributed by atoms with van der Waals surface area (Å²) in [5.41, 5.74) is 0.426. The number of nitrogens with one attached hydrogen (secondary N) is 1. The average Bonchev–Trinajstić information content (AvgIpc) is 2.36. The molecule has 0 atom stereocenters. The molecule has 0 amide bonds. The Hall–Kier alpha value is -1.69. The Labute approximate surface area is 126 Å². The zero-order chi connectivity index (χ0) is 15.9. The molecule has 0 aliphatic rings. The van der Waals surface area contributed by atoms with E-state index >= 15 is 0 Å². The highest BCUT2D eigenvalue weighted by Crippen LogP contribution is 2.29. The summed E-state index contributed by atoms with van der Waals surface area (Å²) < 4.78 is 40.8. The van der Waals surface area contributed by atoms with E-state index in [-0.39, 0.29) is 11.0 Å². The van der Waals surface area contributed by atoms with Crippen LogP contribution in [0.2, 0.25) is 0 Å². The molecular formula is C15H15F3N2S. The Bertz CT molecular complexity index is 761. The van der Waals surface area contributed by atoms with Crippen molar-refractivity contribution in [1.82, 2.24) is 9.97 Å². The van der Waals surface area contributed by atoms with E-state index < -0.39 is 17.5 Å². The van der Waals surface area contributed by atoms with Crippen molar-refractivity contribution < 1.29 is 13.2 Å². The van der Waals surface area contributed by atoms with Crippen molar-refractivity contribution in [3.05, 3.63) is 45.6 Å². The highest BCUT2D eigenvalue weighted by Gasteiger charge is 2.21. The van der Waals surface area contributed by atoms with Crippen molar-refractivity contribution in [1.29, 1.82) is 0 Å². The minimum absolute atomic E-state index is 0.0644. The Balaban J connectivity index is 2.78. The standard InChI is InChI=1S/C15H15F3N2S/c1-7-12(8-5-10(17)11(18)6-9(8)16)19-14(15(2,3)4)20-13(7)21/h5-6H,1-4H3,(H,19,20,21). The van der Waals surface area contributed by atoms with E-state index in [2.05, 4.69) is 9.97 Å². The van der Waals surface area contributed by atoms with Gasteiger partial charge in [0.2, 0.25) is 0 Å². The lowest BCUT2D eigenvalue weighted by Crippen LogP contribution is -2.17. The van der Waals surface area contributed by atoms with Crippen molar-refractivity contribution in [2.45, 2.75) is 33.1 Å². The van der Waals surface area contributed by atoms with Crippen molar-refractivity contribution in [3.8, 4) is 11.3 Å². The quantitative estimate of drug-likeness (QED) is 0.603. The first-order chi connectivity index (χ1) is 9.61. The van der Waals surface area contributed by atoms with E-state index in [0.29, 0.717) is 27.8 Å². The second-order valence-electron chi connectivity index (χ2n) is 5.89. The van der Waals surface area contributed by atoms with Crippen molar-refractivity contribution in [2.75, 3.05) is 0 Å². The van der Waals surface area contributed by atoms with Crippen LogP contribution in [0.5, 0.6) is 0 Å². The summed E-state index contributed by atoms with van der Waals surface area (Å²) in [6.45, 7) is 7.41. The fourth-order valence-corrected chi connectivity index (χ4v) is 2.06. The van der Waals surface area contributed by atoms with Crippen molar-refractivity contribution in [2.24, 2.45) is 0 Å². The normalized spacial score (nSPS) is 11.8. The summed E-state index contributed by atoms with van der Waals surface area (Å²) in [6.07, 6.45) is 0. The second kappa shape index (κ2) is 5.26. The van der Waals surface area contributed by atoms with E-state index in [1.54, 1.807) is 6.92 Å². The van der Waals surface area contributed by atoms with Crippen molar-refractivity contribution >= 4 is 12.2 Å². The molecular weight excluding hydrogens is 297 g/mol. The molecule has 1 aromatic heterocycles. The number of H-pyrrole nitrogens is 1. The van der Waals surface area contributed by atoms with Gasteiger partial charge in [-0.05, 0) is 13.0 Å². The summed E-state index contributed by atoms with van der Waals surface area (Å²) >= 11 is 5.18. The maximum Gasteiger partial charge on any atom is 0.161 e. The maximum absolute atomic E-state index is 14.0. The predicted molar refractivity (Wildman–Crippen MR) is 78.2 cm³/mol. The molecule has 21 heavy (non-hydrogen) atoms. The number of rotatable bonds is 1. The summed E-state index contributed by atoms with van der Waals surface area (Å²) in [7, 11) is 0. The molecule has 2 aromatic rings. The third-order valence-electron chi connectivity index (χ3n) is 3.14. The summed E-state index contributed by atoms with van der Waals surface area (Å²) in [6, 6.07) is 1.35. The average molecular weight is 312 g/mol. The van der Waals surface area contributed by atoms with E-state index in [4.69, 9.17) is 12.2 Å². The summed E-state index contributed by atoms with van der Waals surface area (Å²) in [4.78, 5) is 7.26. The maximum atomic E-state index is 14.0. The number of halogens is 3. The Kier molecular flexibility index (Phi) is 3.93. The predicted octanol–water partition coefficient (Wildman–Crippen LogP) is 4.83. The third-order valence-corrected chi connectivity index (χ3v) is 3.54.